The minimum absolute atomic E-state index is 0.0148. The standard InChI is InChI=1S/C15H19NO4S/c1-10(2)13(15(19)20-3)16-14(18)11-8-12(21-9-11)6-4-5-7-17/h8-10,13,17H,5,7H2,1-3H3,(H,16,18). The molecule has 1 atom stereocenters. The third-order valence-electron chi connectivity index (χ3n) is 2.72. The minimum atomic E-state index is -0.675. The van der Waals surface area contributed by atoms with E-state index in [1.54, 1.807) is 11.4 Å². The fourth-order valence-electron chi connectivity index (χ4n) is 1.58. The number of thiophene rings is 1. The van der Waals surface area contributed by atoms with Crippen LogP contribution in [0.4, 0.5) is 0 Å². The van der Waals surface area contributed by atoms with Crippen LogP contribution in [-0.4, -0.2) is 36.7 Å². The van der Waals surface area contributed by atoms with Crippen molar-refractivity contribution in [1.82, 2.24) is 5.32 Å². The van der Waals surface area contributed by atoms with Crippen molar-refractivity contribution in [3.8, 4) is 11.8 Å². The predicted molar refractivity (Wildman–Crippen MR) is 81.0 cm³/mol. The van der Waals surface area contributed by atoms with Gasteiger partial charge in [-0.1, -0.05) is 25.7 Å². The summed E-state index contributed by atoms with van der Waals surface area (Å²) in [6.45, 7) is 3.68. The van der Waals surface area contributed by atoms with Crippen LogP contribution < -0.4 is 5.32 Å². The van der Waals surface area contributed by atoms with Crippen molar-refractivity contribution in [3.05, 3.63) is 21.9 Å². The third-order valence-corrected chi connectivity index (χ3v) is 3.56. The molecule has 0 saturated heterocycles. The third kappa shape index (κ3) is 5.21. The molecule has 1 aromatic rings. The lowest BCUT2D eigenvalue weighted by atomic mass is 10.0. The molecule has 0 fully saturated rings. The molecule has 1 unspecified atom stereocenters. The van der Waals surface area contributed by atoms with E-state index in [1.165, 1.54) is 18.4 Å². The number of hydrogen-bond acceptors (Lipinski definition) is 5. The highest BCUT2D eigenvalue weighted by atomic mass is 32.1. The molecular formula is C15H19NO4S. The normalized spacial score (nSPS) is 11.5. The van der Waals surface area contributed by atoms with Gasteiger partial charge in [-0.3, -0.25) is 4.79 Å². The Morgan fingerprint density at radius 2 is 2.19 bits per heavy atom. The Kier molecular flexibility index (Phi) is 6.92. The smallest absolute Gasteiger partial charge is 0.328 e. The molecule has 1 aromatic heterocycles. The molecule has 5 nitrogen and oxygen atoms in total. The summed E-state index contributed by atoms with van der Waals surface area (Å²) in [5.41, 5.74) is 0.461. The van der Waals surface area contributed by atoms with Gasteiger partial charge < -0.3 is 15.2 Å². The summed E-state index contributed by atoms with van der Waals surface area (Å²) in [5, 5.41) is 13.0. The van der Waals surface area contributed by atoms with Crippen molar-refractivity contribution in [3.63, 3.8) is 0 Å². The molecule has 21 heavy (non-hydrogen) atoms. The highest BCUT2D eigenvalue weighted by molar-refractivity contribution is 7.10. The van der Waals surface area contributed by atoms with Gasteiger partial charge in [0.25, 0.3) is 5.91 Å². The highest BCUT2D eigenvalue weighted by Crippen LogP contribution is 2.14. The highest BCUT2D eigenvalue weighted by Gasteiger charge is 2.25. The van der Waals surface area contributed by atoms with Crippen LogP contribution in [0.15, 0.2) is 11.4 Å². The lowest BCUT2D eigenvalue weighted by Gasteiger charge is -2.19. The number of carbonyl (C=O) groups is 2. The molecule has 0 radical (unpaired) electrons. The van der Waals surface area contributed by atoms with E-state index in [9.17, 15) is 9.59 Å². The van der Waals surface area contributed by atoms with Gasteiger partial charge >= 0.3 is 5.97 Å². The van der Waals surface area contributed by atoms with Gasteiger partial charge in [-0.15, -0.1) is 11.3 Å². The molecule has 1 rings (SSSR count). The Morgan fingerprint density at radius 3 is 2.76 bits per heavy atom. The van der Waals surface area contributed by atoms with Gasteiger partial charge in [-0.2, -0.15) is 0 Å². The number of carbonyl (C=O) groups excluding carboxylic acids is 2. The molecule has 0 aliphatic heterocycles. The Labute approximate surface area is 128 Å². The Bertz CT molecular complexity index is 554. The van der Waals surface area contributed by atoms with Crippen LogP contribution in [0.3, 0.4) is 0 Å². The first-order valence-electron chi connectivity index (χ1n) is 6.56. The Hall–Kier alpha value is -1.84. The second-order valence-electron chi connectivity index (χ2n) is 4.69. The van der Waals surface area contributed by atoms with Crippen molar-refractivity contribution >= 4 is 23.2 Å². The summed E-state index contributed by atoms with van der Waals surface area (Å²) in [7, 11) is 1.29. The topological polar surface area (TPSA) is 75.6 Å². The summed E-state index contributed by atoms with van der Waals surface area (Å²) in [5.74, 6) is 4.81. The molecule has 0 saturated carbocycles. The van der Waals surface area contributed by atoms with Crippen LogP contribution in [0.5, 0.6) is 0 Å². The first-order valence-corrected chi connectivity index (χ1v) is 7.44. The average Bonchev–Trinajstić information content (AvgIpc) is 2.92. The molecule has 0 aliphatic carbocycles. The van der Waals surface area contributed by atoms with Crippen LogP contribution >= 0.6 is 11.3 Å². The Morgan fingerprint density at radius 1 is 1.48 bits per heavy atom. The Balaban J connectivity index is 2.75. The maximum atomic E-state index is 12.1. The van der Waals surface area contributed by atoms with E-state index < -0.39 is 12.0 Å². The summed E-state index contributed by atoms with van der Waals surface area (Å²) in [6.07, 6.45) is 0.400. The van der Waals surface area contributed by atoms with Gasteiger partial charge in [0.05, 0.1) is 24.2 Å². The maximum Gasteiger partial charge on any atom is 0.328 e. The fourth-order valence-corrected chi connectivity index (χ4v) is 2.33. The van der Waals surface area contributed by atoms with Gasteiger partial charge in [0.15, 0.2) is 0 Å². The van der Waals surface area contributed by atoms with Gasteiger partial charge in [0, 0.05) is 11.8 Å². The van der Waals surface area contributed by atoms with Gasteiger partial charge in [-0.25, -0.2) is 4.79 Å². The molecule has 6 heteroatoms. The fraction of sp³-hybridized carbons (Fsp3) is 0.467. The molecular weight excluding hydrogens is 290 g/mol. The number of ether oxygens (including phenoxy) is 1. The minimum Gasteiger partial charge on any atom is -0.467 e. The van der Waals surface area contributed by atoms with Crippen molar-refractivity contribution in [2.75, 3.05) is 13.7 Å². The summed E-state index contributed by atoms with van der Waals surface area (Å²) in [4.78, 5) is 24.5. The summed E-state index contributed by atoms with van der Waals surface area (Å²) in [6, 6.07) is 0.991. The van der Waals surface area contributed by atoms with Crippen molar-refractivity contribution in [1.29, 1.82) is 0 Å². The van der Waals surface area contributed by atoms with Crippen LogP contribution in [0, 0.1) is 17.8 Å². The zero-order chi connectivity index (χ0) is 15.8. The zero-order valence-corrected chi connectivity index (χ0v) is 13.1. The first-order chi connectivity index (χ1) is 9.99. The largest absolute Gasteiger partial charge is 0.467 e. The zero-order valence-electron chi connectivity index (χ0n) is 12.3. The predicted octanol–water partition coefficient (Wildman–Crippen LogP) is 1.41. The molecule has 0 spiro atoms. The number of aliphatic hydroxyl groups is 1. The molecule has 0 aromatic carbocycles. The SMILES string of the molecule is COC(=O)C(NC(=O)c1csc(C#CCCO)c1)C(C)C. The summed E-state index contributed by atoms with van der Waals surface area (Å²) >= 11 is 1.35. The number of methoxy groups -OCH3 is 1. The molecule has 2 N–H and O–H groups in total. The lowest BCUT2D eigenvalue weighted by molar-refractivity contribution is -0.144. The van der Waals surface area contributed by atoms with E-state index in [-0.39, 0.29) is 18.4 Å². The van der Waals surface area contributed by atoms with E-state index in [0.717, 1.165) is 4.88 Å². The van der Waals surface area contributed by atoms with Gasteiger partial charge in [0.2, 0.25) is 0 Å². The molecule has 0 aliphatic rings. The van der Waals surface area contributed by atoms with E-state index in [2.05, 4.69) is 21.9 Å². The quantitative estimate of drug-likeness (QED) is 0.637. The van der Waals surface area contributed by atoms with E-state index in [0.29, 0.717) is 12.0 Å². The van der Waals surface area contributed by atoms with Crippen LogP contribution in [0.25, 0.3) is 0 Å². The number of aliphatic hydroxyl groups excluding tert-OH is 1. The second-order valence-corrected chi connectivity index (χ2v) is 5.60. The van der Waals surface area contributed by atoms with Crippen molar-refractivity contribution in [2.24, 2.45) is 5.92 Å². The second kappa shape index (κ2) is 8.45. The maximum absolute atomic E-state index is 12.1. The van der Waals surface area contributed by atoms with Gasteiger partial charge in [-0.05, 0) is 12.0 Å². The molecule has 1 heterocycles. The monoisotopic (exact) mass is 309 g/mol. The molecule has 1 amide bonds. The van der Waals surface area contributed by atoms with Gasteiger partial charge in [0.1, 0.15) is 6.04 Å². The van der Waals surface area contributed by atoms with E-state index in [1.807, 2.05) is 13.8 Å². The first kappa shape index (κ1) is 17.2. The molecule has 114 valence electrons. The number of amides is 1. The van der Waals surface area contributed by atoms with Crippen LogP contribution in [0.1, 0.15) is 35.5 Å². The number of rotatable bonds is 5. The van der Waals surface area contributed by atoms with E-state index in [4.69, 9.17) is 5.11 Å². The number of nitrogens with one attached hydrogen (secondary N) is 1. The van der Waals surface area contributed by atoms with E-state index >= 15 is 0 Å². The van der Waals surface area contributed by atoms with Crippen LogP contribution in [-0.2, 0) is 9.53 Å². The van der Waals surface area contributed by atoms with Crippen LogP contribution in [0.2, 0.25) is 0 Å². The van der Waals surface area contributed by atoms with Crippen molar-refractivity contribution in [2.45, 2.75) is 26.3 Å². The van der Waals surface area contributed by atoms with Crippen molar-refractivity contribution < 1.29 is 19.4 Å². The molecule has 0 bridgehead atoms. The number of esters is 1. The average molecular weight is 309 g/mol. The number of hydrogen-bond donors (Lipinski definition) is 2. The summed E-state index contributed by atoms with van der Waals surface area (Å²) < 4.78 is 4.68. The lowest BCUT2D eigenvalue weighted by Crippen LogP contribution is -2.44.